The maximum Gasteiger partial charge on any atom is 0.308 e. The molecular weight excluding hydrogens is 338 g/mol. The summed E-state index contributed by atoms with van der Waals surface area (Å²) in [6.45, 7) is 5.53. The van der Waals surface area contributed by atoms with Gasteiger partial charge in [-0.15, -0.1) is 0 Å². The Balaban J connectivity index is 2.64. The van der Waals surface area contributed by atoms with Crippen LogP contribution in [0.3, 0.4) is 0 Å². The van der Waals surface area contributed by atoms with Gasteiger partial charge in [-0.1, -0.05) is 6.08 Å². The fourth-order valence-electron chi connectivity index (χ4n) is 1.64. The predicted octanol–water partition coefficient (Wildman–Crippen LogP) is -0.626. The van der Waals surface area contributed by atoms with Crippen molar-refractivity contribution in [2.24, 2.45) is 0 Å². The van der Waals surface area contributed by atoms with Crippen LogP contribution in [-0.4, -0.2) is 58.4 Å². The monoisotopic (exact) mass is 361 g/mol. The second-order valence-corrected chi connectivity index (χ2v) is 7.35. The van der Waals surface area contributed by atoms with Gasteiger partial charge in [-0.25, -0.2) is 4.21 Å². The first-order chi connectivity index (χ1) is 11.2. The normalized spacial score (nSPS) is 17.6. The second-order valence-electron chi connectivity index (χ2n) is 6.01. The number of amides is 2. The molecule has 10 heteroatoms. The van der Waals surface area contributed by atoms with Gasteiger partial charge < -0.3 is 20.1 Å². The first kappa shape index (κ1) is 20.3. The van der Waals surface area contributed by atoms with Gasteiger partial charge in [0, 0.05) is 5.41 Å². The number of ether oxygens (including phenoxy) is 2. The van der Waals surface area contributed by atoms with Gasteiger partial charge in [0.05, 0.1) is 19.0 Å². The largest absolute Gasteiger partial charge is 0.460 e. The van der Waals surface area contributed by atoms with Gasteiger partial charge in [-0.2, -0.15) is 4.31 Å². The van der Waals surface area contributed by atoms with Crippen LogP contribution < -0.4 is 10.6 Å². The minimum Gasteiger partial charge on any atom is -0.460 e. The highest BCUT2D eigenvalue weighted by Gasteiger charge is 2.22. The van der Waals surface area contributed by atoms with Crippen LogP contribution in [0.5, 0.6) is 0 Å². The van der Waals surface area contributed by atoms with Crippen molar-refractivity contribution in [2.75, 3.05) is 20.0 Å². The zero-order valence-electron chi connectivity index (χ0n) is 13.9. The molecule has 0 aromatic rings. The lowest BCUT2D eigenvalue weighted by molar-refractivity contribution is -0.155. The third-order valence-corrected chi connectivity index (χ3v) is 3.76. The van der Waals surface area contributed by atoms with E-state index in [4.69, 9.17) is 9.47 Å². The Labute approximate surface area is 143 Å². The summed E-state index contributed by atoms with van der Waals surface area (Å²) >= 11 is 0. The molecule has 2 unspecified atom stereocenters. The molecule has 2 N–H and O–H groups in total. The summed E-state index contributed by atoms with van der Waals surface area (Å²) in [6, 6.07) is -0.702. The molecule has 24 heavy (non-hydrogen) atoms. The lowest BCUT2D eigenvalue weighted by Crippen LogP contribution is -2.42. The van der Waals surface area contributed by atoms with E-state index >= 15 is 0 Å². The van der Waals surface area contributed by atoms with Gasteiger partial charge in [-0.05, 0) is 20.8 Å². The second kappa shape index (κ2) is 9.50. The summed E-state index contributed by atoms with van der Waals surface area (Å²) in [5.41, 5.74) is -0.647. The molecule has 0 aromatic carbocycles. The third kappa shape index (κ3) is 8.18. The van der Waals surface area contributed by atoms with Crippen molar-refractivity contribution in [2.45, 2.75) is 38.8 Å². The standard InChI is InChI=1S/C14H23N3O6S/c1-14(2,3)23-13(20)6-11(16-12(19)7-15-8-18)4-5-24(21)17-9-22-10-17/h4-5,8,11H,6-7,9-10H2,1-3H3,(H,15,18)(H,16,19)/b5-4+. The minimum atomic E-state index is -1.40. The minimum absolute atomic E-state index is 0.117. The number of carbonyl (C=O) groups is 3. The summed E-state index contributed by atoms with van der Waals surface area (Å²) < 4.78 is 23.6. The Morgan fingerprint density at radius 1 is 1.38 bits per heavy atom. The Hall–Kier alpha value is -1.78. The van der Waals surface area contributed by atoms with Crippen molar-refractivity contribution in [1.29, 1.82) is 0 Å². The quantitative estimate of drug-likeness (QED) is 0.418. The first-order valence-corrected chi connectivity index (χ1v) is 8.48. The Morgan fingerprint density at radius 3 is 2.54 bits per heavy atom. The number of hydrogen-bond donors (Lipinski definition) is 2. The lowest BCUT2D eigenvalue weighted by atomic mass is 10.1. The zero-order valence-corrected chi connectivity index (χ0v) is 14.8. The molecular formula is C14H23N3O6S. The van der Waals surface area contributed by atoms with E-state index in [0.717, 1.165) is 0 Å². The van der Waals surface area contributed by atoms with Crippen LogP contribution >= 0.6 is 0 Å². The maximum absolute atomic E-state index is 11.9. The zero-order chi connectivity index (χ0) is 18.2. The SMILES string of the molecule is CC(C)(C)OC(=O)CC(/C=C/S(=O)N1COC1)NC(=O)CNC=O. The Bertz CT molecular complexity index is 513. The molecule has 0 aromatic heterocycles. The maximum atomic E-state index is 11.9. The molecule has 0 saturated carbocycles. The number of hydrogen-bond acceptors (Lipinski definition) is 6. The highest BCUT2D eigenvalue weighted by Crippen LogP contribution is 2.11. The Kier molecular flexibility index (Phi) is 8.02. The van der Waals surface area contributed by atoms with E-state index in [2.05, 4.69) is 10.6 Å². The van der Waals surface area contributed by atoms with Crippen LogP contribution in [0.15, 0.2) is 11.5 Å². The van der Waals surface area contributed by atoms with Crippen molar-refractivity contribution < 1.29 is 28.1 Å². The molecule has 0 bridgehead atoms. The van der Waals surface area contributed by atoms with E-state index in [-0.39, 0.29) is 26.4 Å². The molecule has 1 fully saturated rings. The molecule has 0 spiro atoms. The number of nitrogens with zero attached hydrogens (tertiary/aromatic N) is 1. The van der Waals surface area contributed by atoms with E-state index in [1.807, 2.05) is 0 Å². The number of esters is 1. The molecule has 1 aliphatic heterocycles. The Morgan fingerprint density at radius 2 is 2.04 bits per heavy atom. The van der Waals surface area contributed by atoms with Gasteiger partial charge in [-0.3, -0.25) is 14.4 Å². The summed E-state index contributed by atoms with van der Waals surface area (Å²) in [5.74, 6) is -0.975. The smallest absolute Gasteiger partial charge is 0.308 e. The van der Waals surface area contributed by atoms with Crippen LogP contribution in [0.25, 0.3) is 0 Å². The highest BCUT2D eigenvalue weighted by molar-refractivity contribution is 7.85. The van der Waals surface area contributed by atoms with Crippen LogP contribution in [-0.2, 0) is 34.8 Å². The van der Waals surface area contributed by atoms with E-state index in [1.165, 1.54) is 11.5 Å². The molecule has 0 radical (unpaired) electrons. The van der Waals surface area contributed by atoms with Gasteiger partial charge in [0.25, 0.3) is 0 Å². The molecule has 2 atom stereocenters. The number of nitrogens with one attached hydrogen (secondary N) is 2. The average Bonchev–Trinajstić information content (AvgIpc) is 2.38. The summed E-state index contributed by atoms with van der Waals surface area (Å²) in [6.07, 6.45) is 1.75. The van der Waals surface area contributed by atoms with Crippen molar-refractivity contribution in [3.63, 3.8) is 0 Å². The fourth-order valence-corrected chi connectivity index (χ4v) is 2.49. The van der Waals surface area contributed by atoms with E-state index in [0.29, 0.717) is 6.41 Å². The third-order valence-electron chi connectivity index (χ3n) is 2.65. The highest BCUT2D eigenvalue weighted by atomic mass is 32.2. The summed E-state index contributed by atoms with van der Waals surface area (Å²) in [5, 5.41) is 6.18. The topological polar surface area (TPSA) is 114 Å². The average molecular weight is 361 g/mol. The first-order valence-electron chi connectivity index (χ1n) is 7.31. The van der Waals surface area contributed by atoms with E-state index in [9.17, 15) is 18.6 Å². The van der Waals surface area contributed by atoms with E-state index in [1.54, 1.807) is 25.1 Å². The van der Waals surface area contributed by atoms with Crippen molar-refractivity contribution in [1.82, 2.24) is 14.9 Å². The van der Waals surface area contributed by atoms with Gasteiger partial charge in [0.1, 0.15) is 30.0 Å². The van der Waals surface area contributed by atoms with Crippen LogP contribution in [0.2, 0.25) is 0 Å². The number of rotatable bonds is 9. The molecule has 0 aliphatic carbocycles. The van der Waals surface area contributed by atoms with Crippen LogP contribution in [0.1, 0.15) is 27.2 Å². The molecule has 1 saturated heterocycles. The van der Waals surface area contributed by atoms with Crippen molar-refractivity contribution in [3.8, 4) is 0 Å². The summed E-state index contributed by atoms with van der Waals surface area (Å²) in [7, 11) is -1.40. The van der Waals surface area contributed by atoms with Crippen molar-refractivity contribution >= 4 is 29.3 Å². The molecule has 1 rings (SSSR count). The molecule has 1 heterocycles. The molecule has 136 valence electrons. The van der Waals surface area contributed by atoms with Gasteiger partial charge in [0.15, 0.2) is 0 Å². The van der Waals surface area contributed by atoms with Crippen LogP contribution in [0.4, 0.5) is 0 Å². The van der Waals surface area contributed by atoms with Gasteiger partial charge in [0.2, 0.25) is 12.3 Å². The number of carbonyl (C=O) groups excluding carboxylic acids is 3. The van der Waals surface area contributed by atoms with Gasteiger partial charge >= 0.3 is 5.97 Å². The van der Waals surface area contributed by atoms with Crippen LogP contribution in [0, 0.1) is 0 Å². The molecule has 1 aliphatic rings. The predicted molar refractivity (Wildman–Crippen MR) is 86.4 cm³/mol. The molecule has 2 amide bonds. The fraction of sp³-hybridized carbons (Fsp3) is 0.643. The van der Waals surface area contributed by atoms with E-state index < -0.39 is 34.5 Å². The molecule has 9 nitrogen and oxygen atoms in total. The van der Waals surface area contributed by atoms with Crippen molar-refractivity contribution in [3.05, 3.63) is 11.5 Å². The summed E-state index contributed by atoms with van der Waals surface area (Å²) in [4.78, 5) is 33.8. The lowest BCUT2D eigenvalue weighted by Gasteiger charge is -2.27.